The molecule has 4 rings (SSSR count). The number of thiophene rings is 1. The van der Waals surface area contributed by atoms with Crippen LogP contribution in [0.3, 0.4) is 0 Å². The number of likely N-dealkylation sites (tertiary alicyclic amines) is 1. The Kier molecular flexibility index (Phi) is 4.86. The van der Waals surface area contributed by atoms with E-state index in [-0.39, 0.29) is 5.91 Å². The number of thioether (sulfide) groups is 1. The number of hydrogen-bond donors (Lipinski definition) is 0. The molecule has 1 saturated heterocycles. The number of hydrogen-bond acceptors (Lipinski definition) is 5. The Labute approximate surface area is 156 Å². The molecule has 1 amide bonds. The zero-order valence-electron chi connectivity index (χ0n) is 14.7. The van der Waals surface area contributed by atoms with Gasteiger partial charge in [0, 0.05) is 18.1 Å². The van der Waals surface area contributed by atoms with E-state index in [9.17, 15) is 4.79 Å². The molecule has 0 aromatic carbocycles. The van der Waals surface area contributed by atoms with Crippen molar-refractivity contribution in [3.63, 3.8) is 0 Å². The number of carbonyl (C=O) groups is 1. The highest BCUT2D eigenvalue weighted by molar-refractivity contribution is 7.99. The van der Waals surface area contributed by atoms with Crippen molar-refractivity contribution >= 4 is 29.0 Å². The maximum absolute atomic E-state index is 12.8. The lowest BCUT2D eigenvalue weighted by molar-refractivity contribution is -0.134. The molecule has 134 valence electrons. The Hall–Kier alpha value is -1.34. The third-order valence-corrected chi connectivity index (χ3v) is 6.92. The first-order chi connectivity index (χ1) is 12.1. The summed E-state index contributed by atoms with van der Waals surface area (Å²) in [6.45, 7) is 4.33. The first-order valence-electron chi connectivity index (χ1n) is 9.08. The minimum atomic E-state index is 0.229. The van der Waals surface area contributed by atoms with Crippen LogP contribution in [-0.4, -0.2) is 43.4 Å². The molecule has 0 radical (unpaired) electrons. The van der Waals surface area contributed by atoms with Crippen LogP contribution < -0.4 is 0 Å². The lowest BCUT2D eigenvalue weighted by Crippen LogP contribution is -2.48. The van der Waals surface area contributed by atoms with Crippen molar-refractivity contribution in [2.24, 2.45) is 0 Å². The fraction of sp³-hybridized carbons (Fsp3) is 0.611. The van der Waals surface area contributed by atoms with E-state index in [1.54, 1.807) is 23.1 Å². The molecule has 1 aliphatic heterocycles. The van der Waals surface area contributed by atoms with E-state index in [0.717, 1.165) is 28.7 Å². The normalized spacial score (nSPS) is 23.8. The van der Waals surface area contributed by atoms with Gasteiger partial charge in [0.25, 0.3) is 0 Å². The average molecular weight is 377 g/mol. The molecule has 1 aliphatic carbocycles. The minimum Gasteiger partial charge on any atom is -0.337 e. The topological polar surface area (TPSA) is 51.0 Å². The second kappa shape index (κ2) is 7.11. The van der Waals surface area contributed by atoms with Crippen molar-refractivity contribution in [1.82, 2.24) is 19.7 Å². The summed E-state index contributed by atoms with van der Waals surface area (Å²) in [6.07, 6.45) is 5.80. The van der Waals surface area contributed by atoms with E-state index in [1.807, 2.05) is 6.07 Å². The van der Waals surface area contributed by atoms with Gasteiger partial charge < -0.3 is 4.90 Å². The Bertz CT molecular complexity index is 728. The van der Waals surface area contributed by atoms with E-state index in [4.69, 9.17) is 0 Å². The molecule has 2 atom stereocenters. The molecule has 2 aromatic heterocycles. The van der Waals surface area contributed by atoms with Gasteiger partial charge in [0.2, 0.25) is 5.91 Å². The van der Waals surface area contributed by atoms with E-state index < -0.39 is 0 Å². The Morgan fingerprint density at radius 1 is 1.24 bits per heavy atom. The molecular weight excluding hydrogens is 352 g/mol. The lowest BCUT2D eigenvalue weighted by atomic mass is 9.98. The largest absolute Gasteiger partial charge is 0.337 e. The van der Waals surface area contributed by atoms with Crippen molar-refractivity contribution in [1.29, 1.82) is 0 Å². The molecule has 2 fully saturated rings. The van der Waals surface area contributed by atoms with Crippen molar-refractivity contribution in [2.75, 3.05) is 5.75 Å². The molecule has 3 heterocycles. The number of rotatable bonds is 5. The summed E-state index contributed by atoms with van der Waals surface area (Å²) in [6, 6.07) is 5.32. The van der Waals surface area contributed by atoms with Crippen LogP contribution in [0.1, 0.15) is 52.0 Å². The quantitative estimate of drug-likeness (QED) is 0.733. The third kappa shape index (κ3) is 3.49. The average Bonchev–Trinajstić information content (AvgIpc) is 3.11. The van der Waals surface area contributed by atoms with Gasteiger partial charge >= 0.3 is 0 Å². The van der Waals surface area contributed by atoms with Gasteiger partial charge in [0.15, 0.2) is 11.0 Å². The zero-order valence-corrected chi connectivity index (χ0v) is 16.4. The van der Waals surface area contributed by atoms with E-state index in [2.05, 4.69) is 45.0 Å². The molecule has 5 nitrogen and oxygen atoms in total. The fourth-order valence-corrected chi connectivity index (χ4v) is 5.31. The van der Waals surface area contributed by atoms with Gasteiger partial charge in [-0.2, -0.15) is 0 Å². The van der Waals surface area contributed by atoms with Crippen LogP contribution in [-0.2, 0) is 4.79 Å². The van der Waals surface area contributed by atoms with Crippen molar-refractivity contribution < 1.29 is 4.79 Å². The molecule has 2 aliphatic rings. The minimum absolute atomic E-state index is 0.229. The number of carbonyl (C=O) groups excluding carboxylic acids is 1. The summed E-state index contributed by atoms with van der Waals surface area (Å²) >= 11 is 3.23. The Morgan fingerprint density at radius 3 is 2.64 bits per heavy atom. The molecule has 0 bridgehead atoms. The van der Waals surface area contributed by atoms with Crippen molar-refractivity contribution in [3.8, 4) is 10.7 Å². The lowest BCUT2D eigenvalue weighted by Gasteiger charge is -2.39. The van der Waals surface area contributed by atoms with Gasteiger partial charge in [-0.15, -0.1) is 21.5 Å². The zero-order chi connectivity index (χ0) is 17.4. The molecule has 0 unspecified atom stereocenters. The third-order valence-electron chi connectivity index (χ3n) is 5.12. The van der Waals surface area contributed by atoms with E-state index in [0.29, 0.717) is 23.9 Å². The number of aromatic nitrogens is 3. The highest BCUT2D eigenvalue weighted by atomic mass is 32.2. The van der Waals surface area contributed by atoms with Crippen LogP contribution in [0, 0.1) is 0 Å². The molecule has 0 N–H and O–H groups in total. The SMILES string of the molecule is C[C@@H]1CCC[C@@H](C)N1C(=O)CSc1nnc(-c2cccs2)n1C1CC1. The van der Waals surface area contributed by atoms with Crippen LogP contribution in [0.5, 0.6) is 0 Å². The fourth-order valence-electron chi connectivity index (χ4n) is 3.72. The summed E-state index contributed by atoms with van der Waals surface area (Å²) in [5.41, 5.74) is 0. The van der Waals surface area contributed by atoms with Crippen LogP contribution in [0.25, 0.3) is 10.7 Å². The maximum atomic E-state index is 12.8. The van der Waals surface area contributed by atoms with Gasteiger partial charge in [0.1, 0.15) is 0 Å². The second-order valence-corrected chi connectivity index (χ2v) is 8.99. The molecular formula is C18H24N4OS2. The molecule has 7 heteroatoms. The van der Waals surface area contributed by atoms with E-state index >= 15 is 0 Å². The summed E-state index contributed by atoms with van der Waals surface area (Å²) in [7, 11) is 0. The van der Waals surface area contributed by atoms with Crippen molar-refractivity contribution in [2.45, 2.75) is 69.2 Å². The highest BCUT2D eigenvalue weighted by Crippen LogP contribution is 2.41. The smallest absolute Gasteiger partial charge is 0.233 e. The van der Waals surface area contributed by atoms with Gasteiger partial charge in [-0.1, -0.05) is 17.8 Å². The first-order valence-corrected chi connectivity index (χ1v) is 10.9. The summed E-state index contributed by atoms with van der Waals surface area (Å²) in [5.74, 6) is 1.63. The van der Waals surface area contributed by atoms with E-state index in [1.165, 1.54) is 19.3 Å². The Balaban J connectivity index is 1.49. The Morgan fingerprint density at radius 2 is 2.00 bits per heavy atom. The standard InChI is InChI=1S/C18H24N4OS2/c1-12-5-3-6-13(2)21(12)16(23)11-25-18-20-19-17(15-7-4-10-24-15)22(18)14-8-9-14/h4,7,10,12-14H,3,5-6,8-9,11H2,1-2H3/t12-,13-/m1/s1. The van der Waals surface area contributed by atoms with Crippen LogP contribution in [0.15, 0.2) is 22.7 Å². The summed E-state index contributed by atoms with van der Waals surface area (Å²) in [4.78, 5) is 16.0. The molecule has 2 aromatic rings. The van der Waals surface area contributed by atoms with Crippen LogP contribution in [0.2, 0.25) is 0 Å². The van der Waals surface area contributed by atoms with Gasteiger partial charge in [-0.3, -0.25) is 9.36 Å². The van der Waals surface area contributed by atoms with Crippen molar-refractivity contribution in [3.05, 3.63) is 17.5 Å². The van der Waals surface area contributed by atoms with Crippen LogP contribution in [0.4, 0.5) is 0 Å². The summed E-state index contributed by atoms with van der Waals surface area (Å²) < 4.78 is 2.24. The summed E-state index contributed by atoms with van der Waals surface area (Å²) in [5, 5.41) is 11.8. The second-order valence-electron chi connectivity index (χ2n) is 7.10. The molecule has 0 spiro atoms. The van der Waals surface area contributed by atoms with Gasteiger partial charge in [0.05, 0.1) is 10.6 Å². The molecule has 25 heavy (non-hydrogen) atoms. The number of nitrogens with zero attached hydrogens (tertiary/aromatic N) is 4. The number of amides is 1. The predicted molar refractivity (Wildman–Crippen MR) is 102 cm³/mol. The van der Waals surface area contributed by atoms with Crippen LogP contribution >= 0.6 is 23.1 Å². The van der Waals surface area contributed by atoms with Gasteiger partial charge in [-0.25, -0.2) is 0 Å². The monoisotopic (exact) mass is 376 g/mol. The maximum Gasteiger partial charge on any atom is 0.233 e. The highest BCUT2D eigenvalue weighted by Gasteiger charge is 2.32. The molecule has 1 saturated carbocycles. The van der Waals surface area contributed by atoms with Gasteiger partial charge in [-0.05, 0) is 57.4 Å². The first kappa shape index (κ1) is 17.1. The number of piperidine rings is 1. The predicted octanol–water partition coefficient (Wildman–Crippen LogP) is 4.22.